The van der Waals surface area contributed by atoms with Crippen LogP contribution in [0.5, 0.6) is 0 Å². The minimum absolute atomic E-state index is 0.599. The number of hydrogen-bond donors (Lipinski definition) is 1. The number of rotatable bonds is 4. The van der Waals surface area contributed by atoms with Gasteiger partial charge >= 0.3 is 0 Å². The summed E-state index contributed by atoms with van der Waals surface area (Å²) < 4.78 is 0. The van der Waals surface area contributed by atoms with Gasteiger partial charge in [0.15, 0.2) is 11.1 Å². The van der Waals surface area contributed by atoms with E-state index in [1.807, 2.05) is 23.7 Å². The van der Waals surface area contributed by atoms with Crippen molar-refractivity contribution in [1.82, 2.24) is 9.88 Å². The molecule has 2 heterocycles. The second-order valence-corrected chi connectivity index (χ2v) is 7.30. The van der Waals surface area contributed by atoms with Crippen LogP contribution >= 0.6 is 34.5 Å². The maximum absolute atomic E-state index is 6.13. The van der Waals surface area contributed by atoms with E-state index in [1.165, 1.54) is 0 Å². The highest BCUT2D eigenvalue weighted by atomic mass is 35.5. The van der Waals surface area contributed by atoms with Crippen LogP contribution in [0.2, 0.25) is 10.0 Å². The highest BCUT2D eigenvalue weighted by molar-refractivity contribution is 7.13. The molecule has 3 rings (SSSR count). The normalized spacial score (nSPS) is 15.8. The van der Waals surface area contributed by atoms with Gasteiger partial charge in [-0.1, -0.05) is 23.2 Å². The van der Waals surface area contributed by atoms with Gasteiger partial charge in [0, 0.05) is 54.3 Å². The molecule has 5 nitrogen and oxygen atoms in total. The molecule has 0 saturated carbocycles. The molecule has 0 atom stereocenters. The summed E-state index contributed by atoms with van der Waals surface area (Å²) in [6.07, 6.45) is 2.60. The molecule has 0 bridgehead atoms. The molecule has 2 aromatic rings. The van der Waals surface area contributed by atoms with Crippen LogP contribution in [-0.4, -0.2) is 48.6 Å². The number of anilines is 1. The summed E-state index contributed by atoms with van der Waals surface area (Å²) in [7, 11) is 0. The van der Waals surface area contributed by atoms with Crippen LogP contribution in [0, 0.1) is 0 Å². The summed E-state index contributed by atoms with van der Waals surface area (Å²) in [5, 5.41) is 4.36. The minimum Gasteiger partial charge on any atom is -0.370 e. The zero-order chi connectivity index (χ0) is 16.9. The van der Waals surface area contributed by atoms with Crippen molar-refractivity contribution < 1.29 is 0 Å². The van der Waals surface area contributed by atoms with Crippen LogP contribution in [-0.2, 0) is 6.42 Å². The summed E-state index contributed by atoms with van der Waals surface area (Å²) in [5.74, 6) is 0.599. The largest absolute Gasteiger partial charge is 0.370 e. The van der Waals surface area contributed by atoms with Crippen molar-refractivity contribution >= 4 is 45.6 Å². The number of nitrogens with two attached hydrogens (primary N) is 1. The molecule has 8 heteroatoms. The first-order chi connectivity index (χ1) is 11.6. The van der Waals surface area contributed by atoms with E-state index in [1.54, 1.807) is 17.4 Å². The molecule has 1 saturated heterocycles. The molecular formula is C16H19Cl2N5S. The molecule has 1 aromatic carbocycles. The monoisotopic (exact) mass is 383 g/mol. The average molecular weight is 384 g/mol. The average Bonchev–Trinajstić information content (AvgIpc) is 3.08. The summed E-state index contributed by atoms with van der Waals surface area (Å²) in [5.41, 5.74) is 7.20. The van der Waals surface area contributed by atoms with Crippen molar-refractivity contribution in [3.63, 3.8) is 0 Å². The molecule has 24 heavy (non-hydrogen) atoms. The van der Waals surface area contributed by atoms with Crippen LogP contribution in [0.4, 0.5) is 5.13 Å². The first-order valence-electron chi connectivity index (χ1n) is 7.76. The highest BCUT2D eigenvalue weighted by Crippen LogP contribution is 2.20. The van der Waals surface area contributed by atoms with Gasteiger partial charge in [-0.05, 0) is 30.2 Å². The Morgan fingerprint density at radius 1 is 1.17 bits per heavy atom. The van der Waals surface area contributed by atoms with E-state index < -0.39 is 0 Å². The van der Waals surface area contributed by atoms with E-state index >= 15 is 0 Å². The Bertz CT molecular complexity index is 676. The standard InChI is InChI=1S/C16H19Cl2N5S/c17-13-9-12(10-14(18)11-13)1-2-20-15(19)22-4-6-23(7-5-22)16-21-3-8-24-16/h3,8-11H,1-2,4-7H2,(H2,19,20). The van der Waals surface area contributed by atoms with Gasteiger partial charge in [-0.15, -0.1) is 11.3 Å². The highest BCUT2D eigenvalue weighted by Gasteiger charge is 2.19. The first kappa shape index (κ1) is 17.3. The van der Waals surface area contributed by atoms with E-state index in [2.05, 4.69) is 19.8 Å². The molecule has 0 aliphatic carbocycles. The van der Waals surface area contributed by atoms with Crippen molar-refractivity contribution in [1.29, 1.82) is 0 Å². The van der Waals surface area contributed by atoms with Crippen molar-refractivity contribution in [3.05, 3.63) is 45.4 Å². The maximum Gasteiger partial charge on any atom is 0.191 e. The van der Waals surface area contributed by atoms with Gasteiger partial charge in [-0.3, -0.25) is 4.99 Å². The van der Waals surface area contributed by atoms with Crippen LogP contribution in [0.25, 0.3) is 0 Å². The first-order valence-corrected chi connectivity index (χ1v) is 9.39. The summed E-state index contributed by atoms with van der Waals surface area (Å²) >= 11 is 13.7. The fourth-order valence-electron chi connectivity index (χ4n) is 2.65. The minimum atomic E-state index is 0.599. The number of hydrogen-bond acceptors (Lipinski definition) is 4. The third-order valence-corrected chi connectivity index (χ3v) is 5.16. The molecular weight excluding hydrogens is 365 g/mol. The molecule has 1 aliphatic heterocycles. The lowest BCUT2D eigenvalue weighted by molar-refractivity contribution is 0.380. The number of guanidine groups is 1. The van der Waals surface area contributed by atoms with Crippen molar-refractivity contribution in [2.24, 2.45) is 10.7 Å². The number of piperazine rings is 1. The van der Waals surface area contributed by atoms with Crippen molar-refractivity contribution in [2.75, 3.05) is 37.6 Å². The van der Waals surface area contributed by atoms with Gasteiger partial charge < -0.3 is 15.5 Å². The predicted octanol–water partition coefficient (Wildman–Crippen LogP) is 3.13. The number of aromatic nitrogens is 1. The second kappa shape index (κ2) is 8.05. The Morgan fingerprint density at radius 3 is 2.50 bits per heavy atom. The molecule has 2 N–H and O–H groups in total. The van der Waals surface area contributed by atoms with E-state index in [0.29, 0.717) is 22.5 Å². The quantitative estimate of drug-likeness (QED) is 0.650. The Labute approximate surface area is 155 Å². The topological polar surface area (TPSA) is 57.8 Å². The molecule has 0 unspecified atom stereocenters. The van der Waals surface area contributed by atoms with Crippen LogP contribution in [0.15, 0.2) is 34.8 Å². The van der Waals surface area contributed by atoms with Crippen molar-refractivity contribution in [2.45, 2.75) is 6.42 Å². The zero-order valence-electron chi connectivity index (χ0n) is 13.2. The Morgan fingerprint density at radius 2 is 1.88 bits per heavy atom. The molecule has 128 valence electrons. The van der Waals surface area contributed by atoms with E-state index in [9.17, 15) is 0 Å². The van der Waals surface area contributed by atoms with E-state index in [0.717, 1.165) is 43.3 Å². The summed E-state index contributed by atoms with van der Waals surface area (Å²) in [4.78, 5) is 13.2. The Balaban J connectivity index is 1.49. The van der Waals surface area contributed by atoms with Gasteiger partial charge in [-0.2, -0.15) is 0 Å². The van der Waals surface area contributed by atoms with Gasteiger partial charge in [0.25, 0.3) is 0 Å². The number of thiazole rings is 1. The molecule has 0 amide bonds. The smallest absolute Gasteiger partial charge is 0.191 e. The Hall–Kier alpha value is -1.50. The summed E-state index contributed by atoms with van der Waals surface area (Å²) in [6, 6.07) is 5.55. The molecule has 0 spiro atoms. The lowest BCUT2D eigenvalue weighted by atomic mass is 10.1. The lowest BCUT2D eigenvalue weighted by Crippen LogP contribution is -2.51. The maximum atomic E-state index is 6.13. The molecule has 1 fully saturated rings. The van der Waals surface area contributed by atoms with Gasteiger partial charge in [-0.25, -0.2) is 4.98 Å². The number of halogens is 2. The molecule has 1 aromatic heterocycles. The van der Waals surface area contributed by atoms with Gasteiger partial charge in [0.1, 0.15) is 0 Å². The molecule has 1 aliphatic rings. The van der Waals surface area contributed by atoms with E-state index in [4.69, 9.17) is 28.9 Å². The predicted molar refractivity (Wildman–Crippen MR) is 103 cm³/mol. The van der Waals surface area contributed by atoms with Crippen LogP contribution < -0.4 is 10.6 Å². The van der Waals surface area contributed by atoms with Crippen molar-refractivity contribution in [3.8, 4) is 0 Å². The fraction of sp³-hybridized carbons (Fsp3) is 0.375. The Kier molecular flexibility index (Phi) is 5.81. The van der Waals surface area contributed by atoms with Crippen LogP contribution in [0.1, 0.15) is 5.56 Å². The fourth-order valence-corrected chi connectivity index (χ4v) is 3.92. The number of nitrogens with zero attached hydrogens (tertiary/aromatic N) is 4. The van der Waals surface area contributed by atoms with Gasteiger partial charge in [0.05, 0.1) is 0 Å². The lowest BCUT2D eigenvalue weighted by Gasteiger charge is -2.35. The third-order valence-electron chi connectivity index (χ3n) is 3.89. The SMILES string of the molecule is NC(=NCCc1cc(Cl)cc(Cl)c1)N1CCN(c2nccs2)CC1. The number of benzene rings is 1. The second-order valence-electron chi connectivity index (χ2n) is 5.56. The molecule has 0 radical (unpaired) electrons. The summed E-state index contributed by atoms with van der Waals surface area (Å²) in [6.45, 7) is 4.16. The van der Waals surface area contributed by atoms with E-state index in [-0.39, 0.29) is 0 Å². The van der Waals surface area contributed by atoms with Gasteiger partial charge in [0.2, 0.25) is 0 Å². The zero-order valence-corrected chi connectivity index (χ0v) is 15.5. The third kappa shape index (κ3) is 4.53. The number of aliphatic imine (C=N–C) groups is 1. The van der Waals surface area contributed by atoms with Crippen LogP contribution in [0.3, 0.4) is 0 Å².